The molecule has 0 saturated carbocycles. The van der Waals surface area contributed by atoms with Crippen molar-refractivity contribution in [3.63, 3.8) is 0 Å². The minimum Gasteiger partial charge on any atom is -0.278 e. The SMILES string of the molecule is CCCCC(CCCC)N(C(=O)CCC)c1ncc(F)c(CC)n1. The molecule has 0 spiro atoms. The van der Waals surface area contributed by atoms with Crippen molar-refractivity contribution in [3.8, 4) is 0 Å². The smallest absolute Gasteiger partial charge is 0.232 e. The average molecular weight is 337 g/mol. The summed E-state index contributed by atoms with van der Waals surface area (Å²) >= 11 is 0. The van der Waals surface area contributed by atoms with E-state index in [1.54, 1.807) is 4.90 Å². The molecule has 1 heterocycles. The molecule has 1 aromatic rings. The number of anilines is 1. The van der Waals surface area contributed by atoms with E-state index in [9.17, 15) is 9.18 Å². The number of hydrogen-bond acceptors (Lipinski definition) is 3. The number of nitrogens with zero attached hydrogens (tertiary/aromatic N) is 3. The van der Waals surface area contributed by atoms with Crippen LogP contribution in [0.15, 0.2) is 6.20 Å². The molecule has 0 unspecified atom stereocenters. The van der Waals surface area contributed by atoms with Gasteiger partial charge in [0.15, 0.2) is 5.82 Å². The Morgan fingerprint density at radius 3 is 2.25 bits per heavy atom. The van der Waals surface area contributed by atoms with E-state index in [-0.39, 0.29) is 11.9 Å². The average Bonchev–Trinajstić information content (AvgIpc) is 2.58. The minimum absolute atomic E-state index is 0.0448. The standard InChI is InChI=1S/C19H32FN3O/c1-5-9-12-15(13-10-6-2)23(18(24)11-7-3)19-21-14-16(20)17(8-4)22-19/h14-15H,5-13H2,1-4H3. The fourth-order valence-electron chi connectivity index (χ4n) is 2.85. The van der Waals surface area contributed by atoms with Crippen molar-refractivity contribution in [2.24, 2.45) is 0 Å². The number of carbonyl (C=O) groups excluding carboxylic acids is 1. The van der Waals surface area contributed by atoms with Crippen LogP contribution < -0.4 is 4.90 Å². The number of unbranched alkanes of at least 4 members (excludes halogenated alkanes) is 2. The second kappa shape index (κ2) is 11.1. The number of rotatable bonds is 11. The van der Waals surface area contributed by atoms with Crippen LogP contribution in [0, 0.1) is 5.82 Å². The van der Waals surface area contributed by atoms with Crippen molar-refractivity contribution in [3.05, 3.63) is 17.7 Å². The second-order valence-electron chi connectivity index (χ2n) is 6.27. The van der Waals surface area contributed by atoms with Gasteiger partial charge in [0.25, 0.3) is 0 Å². The molecule has 0 saturated heterocycles. The second-order valence-corrected chi connectivity index (χ2v) is 6.27. The molecule has 0 atom stereocenters. The van der Waals surface area contributed by atoms with Gasteiger partial charge >= 0.3 is 0 Å². The van der Waals surface area contributed by atoms with Crippen LogP contribution in [0.5, 0.6) is 0 Å². The lowest BCUT2D eigenvalue weighted by molar-refractivity contribution is -0.119. The predicted octanol–water partition coefficient (Wildman–Crippen LogP) is 5.06. The van der Waals surface area contributed by atoms with E-state index in [0.717, 1.165) is 44.9 Å². The Bertz CT molecular complexity index is 499. The maximum Gasteiger partial charge on any atom is 0.232 e. The number of aryl methyl sites for hydroxylation is 1. The molecule has 0 fully saturated rings. The van der Waals surface area contributed by atoms with E-state index in [1.165, 1.54) is 6.20 Å². The highest BCUT2D eigenvalue weighted by molar-refractivity contribution is 5.92. The fourth-order valence-corrected chi connectivity index (χ4v) is 2.85. The molecular weight excluding hydrogens is 305 g/mol. The number of amides is 1. The van der Waals surface area contributed by atoms with E-state index >= 15 is 0 Å². The molecule has 1 rings (SSSR count). The number of hydrogen-bond donors (Lipinski definition) is 0. The largest absolute Gasteiger partial charge is 0.278 e. The quantitative estimate of drug-likeness (QED) is 0.567. The lowest BCUT2D eigenvalue weighted by Gasteiger charge is -2.30. The topological polar surface area (TPSA) is 46.1 Å². The maximum atomic E-state index is 13.8. The van der Waals surface area contributed by atoms with Gasteiger partial charge in [-0.1, -0.05) is 53.4 Å². The first-order chi connectivity index (χ1) is 11.6. The summed E-state index contributed by atoms with van der Waals surface area (Å²) in [4.78, 5) is 23.0. The third kappa shape index (κ3) is 5.84. The molecule has 136 valence electrons. The highest BCUT2D eigenvalue weighted by Gasteiger charge is 2.27. The van der Waals surface area contributed by atoms with Crippen molar-refractivity contribution in [1.29, 1.82) is 0 Å². The Balaban J connectivity index is 3.18. The van der Waals surface area contributed by atoms with Gasteiger partial charge in [-0.15, -0.1) is 0 Å². The predicted molar refractivity (Wildman–Crippen MR) is 96.6 cm³/mol. The molecular formula is C19H32FN3O. The van der Waals surface area contributed by atoms with Gasteiger partial charge in [-0.2, -0.15) is 0 Å². The number of carbonyl (C=O) groups is 1. The molecule has 24 heavy (non-hydrogen) atoms. The molecule has 5 heteroatoms. The van der Waals surface area contributed by atoms with Crippen LogP contribution in [0.1, 0.15) is 84.8 Å². The summed E-state index contributed by atoms with van der Waals surface area (Å²) in [5, 5.41) is 0. The Kier molecular flexibility index (Phi) is 9.50. The van der Waals surface area contributed by atoms with Gasteiger partial charge in [-0.05, 0) is 25.7 Å². The fraction of sp³-hybridized carbons (Fsp3) is 0.737. The van der Waals surface area contributed by atoms with Crippen molar-refractivity contribution in [2.75, 3.05) is 4.90 Å². The van der Waals surface area contributed by atoms with E-state index in [1.807, 2.05) is 13.8 Å². The van der Waals surface area contributed by atoms with Crippen LogP contribution in [0.3, 0.4) is 0 Å². The van der Waals surface area contributed by atoms with Gasteiger partial charge in [-0.3, -0.25) is 9.69 Å². The summed E-state index contributed by atoms with van der Waals surface area (Å²) in [6, 6.07) is 0.0964. The van der Waals surface area contributed by atoms with Crippen molar-refractivity contribution in [2.45, 2.75) is 91.5 Å². The van der Waals surface area contributed by atoms with E-state index in [2.05, 4.69) is 23.8 Å². The van der Waals surface area contributed by atoms with Gasteiger partial charge in [0.05, 0.1) is 11.9 Å². The number of halogens is 1. The molecule has 0 bridgehead atoms. The zero-order chi connectivity index (χ0) is 17.9. The van der Waals surface area contributed by atoms with Crippen LogP contribution in [-0.2, 0) is 11.2 Å². The monoisotopic (exact) mass is 337 g/mol. The number of aromatic nitrogens is 2. The van der Waals surface area contributed by atoms with Crippen LogP contribution >= 0.6 is 0 Å². The Labute approximate surface area is 145 Å². The van der Waals surface area contributed by atoms with Crippen molar-refractivity contribution < 1.29 is 9.18 Å². The van der Waals surface area contributed by atoms with Gasteiger partial charge in [0.1, 0.15) is 0 Å². The minimum atomic E-state index is -0.400. The van der Waals surface area contributed by atoms with Crippen molar-refractivity contribution in [1.82, 2.24) is 9.97 Å². The maximum absolute atomic E-state index is 13.8. The van der Waals surface area contributed by atoms with Crippen LogP contribution in [-0.4, -0.2) is 21.9 Å². The third-order valence-electron chi connectivity index (χ3n) is 4.23. The first kappa shape index (κ1) is 20.5. The highest BCUT2D eigenvalue weighted by Crippen LogP contribution is 2.23. The molecule has 0 N–H and O–H groups in total. The summed E-state index contributed by atoms with van der Waals surface area (Å²) < 4.78 is 13.8. The van der Waals surface area contributed by atoms with E-state index in [0.29, 0.717) is 24.5 Å². The molecule has 0 radical (unpaired) electrons. The Hall–Kier alpha value is -1.52. The van der Waals surface area contributed by atoms with Crippen LogP contribution in [0.25, 0.3) is 0 Å². The van der Waals surface area contributed by atoms with Gasteiger partial charge in [-0.25, -0.2) is 14.4 Å². The summed E-state index contributed by atoms with van der Waals surface area (Å²) in [7, 11) is 0. The van der Waals surface area contributed by atoms with E-state index in [4.69, 9.17) is 0 Å². The highest BCUT2D eigenvalue weighted by atomic mass is 19.1. The molecule has 0 aromatic carbocycles. The van der Waals surface area contributed by atoms with Gasteiger partial charge < -0.3 is 0 Å². The van der Waals surface area contributed by atoms with Crippen LogP contribution in [0.2, 0.25) is 0 Å². The normalized spacial score (nSPS) is 11.1. The Morgan fingerprint density at radius 2 is 1.75 bits per heavy atom. The first-order valence-corrected chi connectivity index (χ1v) is 9.42. The first-order valence-electron chi connectivity index (χ1n) is 9.42. The summed E-state index contributed by atoms with van der Waals surface area (Å²) in [6.45, 7) is 8.16. The zero-order valence-electron chi connectivity index (χ0n) is 15.6. The van der Waals surface area contributed by atoms with Crippen molar-refractivity contribution >= 4 is 11.9 Å². The molecule has 0 aliphatic heterocycles. The molecule has 1 aromatic heterocycles. The lowest BCUT2D eigenvalue weighted by Crippen LogP contribution is -2.42. The third-order valence-corrected chi connectivity index (χ3v) is 4.23. The molecule has 4 nitrogen and oxygen atoms in total. The summed E-state index contributed by atoms with van der Waals surface area (Å²) in [5.41, 5.74) is 0.374. The summed E-state index contributed by atoms with van der Waals surface area (Å²) in [6.07, 6.45) is 9.12. The van der Waals surface area contributed by atoms with E-state index < -0.39 is 5.82 Å². The van der Waals surface area contributed by atoms with Gasteiger partial charge in [0, 0.05) is 12.5 Å². The van der Waals surface area contributed by atoms with Gasteiger partial charge in [0.2, 0.25) is 11.9 Å². The molecule has 1 amide bonds. The summed E-state index contributed by atoms with van der Waals surface area (Å²) in [5.74, 6) is 0.00933. The zero-order valence-corrected chi connectivity index (χ0v) is 15.6. The molecule has 0 aliphatic carbocycles. The van der Waals surface area contributed by atoms with Crippen LogP contribution in [0.4, 0.5) is 10.3 Å². The lowest BCUT2D eigenvalue weighted by atomic mass is 10.0. The Morgan fingerprint density at radius 1 is 1.12 bits per heavy atom. The molecule has 0 aliphatic rings.